The first-order valence-electron chi connectivity index (χ1n) is 10.6. The molecule has 0 aliphatic carbocycles. The van der Waals surface area contributed by atoms with E-state index in [9.17, 15) is 0 Å². The van der Waals surface area contributed by atoms with E-state index in [-0.39, 0.29) is 0 Å². The van der Waals surface area contributed by atoms with Crippen molar-refractivity contribution in [1.29, 1.82) is 0 Å². The summed E-state index contributed by atoms with van der Waals surface area (Å²) in [5.74, 6) is 1.52. The Bertz CT molecular complexity index is 1090. The third-order valence-corrected chi connectivity index (χ3v) is 5.68. The Balaban J connectivity index is 1.96. The highest BCUT2D eigenvalue weighted by Crippen LogP contribution is 2.34. The SMILES string of the molecule is C=CC[N+]1=C(C=C(c2ccccc2)c2ccccc2)c2cc(OC)c(OC)cc2CC1. The first-order chi connectivity index (χ1) is 15.2. The Kier molecular flexibility index (Phi) is 6.32. The molecule has 0 saturated carbocycles. The van der Waals surface area contributed by atoms with E-state index in [1.165, 1.54) is 33.5 Å². The number of hydrogen-bond donors (Lipinski definition) is 0. The molecule has 4 rings (SSSR count). The predicted octanol–water partition coefficient (Wildman–Crippen LogP) is 5.38. The molecule has 31 heavy (non-hydrogen) atoms. The summed E-state index contributed by atoms with van der Waals surface area (Å²) in [6, 6.07) is 25.3. The number of hydrogen-bond acceptors (Lipinski definition) is 2. The summed E-state index contributed by atoms with van der Waals surface area (Å²) in [4.78, 5) is 0. The molecule has 0 amide bonds. The number of fused-ring (bicyclic) bond motifs is 1. The van der Waals surface area contributed by atoms with Crippen molar-refractivity contribution in [2.45, 2.75) is 6.42 Å². The number of methoxy groups -OCH3 is 2. The predicted molar refractivity (Wildman–Crippen MR) is 128 cm³/mol. The van der Waals surface area contributed by atoms with Gasteiger partial charge in [0.1, 0.15) is 6.54 Å². The van der Waals surface area contributed by atoms with Crippen LogP contribution in [-0.2, 0) is 6.42 Å². The third kappa shape index (κ3) is 4.31. The van der Waals surface area contributed by atoms with Crippen molar-refractivity contribution in [2.24, 2.45) is 0 Å². The maximum absolute atomic E-state index is 5.62. The summed E-state index contributed by atoms with van der Waals surface area (Å²) in [5, 5.41) is 0. The summed E-state index contributed by atoms with van der Waals surface area (Å²) in [5.41, 5.74) is 7.18. The van der Waals surface area contributed by atoms with Gasteiger partial charge in [-0.3, -0.25) is 0 Å². The Hall–Kier alpha value is -3.59. The molecule has 1 heterocycles. The van der Waals surface area contributed by atoms with E-state index in [0.717, 1.165) is 31.0 Å². The van der Waals surface area contributed by atoms with Gasteiger partial charge in [-0.05, 0) is 40.5 Å². The molecular formula is C28H28NO2+. The van der Waals surface area contributed by atoms with Crippen LogP contribution in [0.5, 0.6) is 11.5 Å². The number of allylic oxidation sites excluding steroid dienone is 1. The normalized spacial score (nSPS) is 12.7. The fourth-order valence-electron chi connectivity index (χ4n) is 4.13. The molecule has 0 saturated heterocycles. The van der Waals surface area contributed by atoms with Crippen molar-refractivity contribution >= 4 is 11.3 Å². The van der Waals surface area contributed by atoms with Gasteiger partial charge in [-0.2, -0.15) is 0 Å². The van der Waals surface area contributed by atoms with E-state index >= 15 is 0 Å². The number of nitrogens with zero attached hydrogens (tertiary/aromatic N) is 1. The van der Waals surface area contributed by atoms with E-state index in [1.54, 1.807) is 14.2 Å². The highest BCUT2D eigenvalue weighted by molar-refractivity contribution is 6.12. The maximum Gasteiger partial charge on any atom is 0.208 e. The minimum Gasteiger partial charge on any atom is -0.493 e. The summed E-state index contributed by atoms with van der Waals surface area (Å²) >= 11 is 0. The summed E-state index contributed by atoms with van der Waals surface area (Å²) in [7, 11) is 3.37. The summed E-state index contributed by atoms with van der Waals surface area (Å²) in [6.45, 7) is 5.70. The minimum absolute atomic E-state index is 0.744. The average Bonchev–Trinajstić information content (AvgIpc) is 2.83. The van der Waals surface area contributed by atoms with Crippen LogP contribution in [0.25, 0.3) is 5.57 Å². The highest BCUT2D eigenvalue weighted by atomic mass is 16.5. The van der Waals surface area contributed by atoms with Gasteiger partial charge in [0, 0.05) is 12.5 Å². The van der Waals surface area contributed by atoms with Crippen LogP contribution in [0.3, 0.4) is 0 Å². The lowest BCUT2D eigenvalue weighted by atomic mass is 9.91. The van der Waals surface area contributed by atoms with Crippen molar-refractivity contribution in [1.82, 2.24) is 0 Å². The second-order valence-electron chi connectivity index (χ2n) is 7.52. The van der Waals surface area contributed by atoms with Gasteiger partial charge >= 0.3 is 0 Å². The molecule has 1 aliphatic heterocycles. The number of rotatable bonds is 7. The number of ether oxygens (including phenoxy) is 2. The van der Waals surface area contributed by atoms with Crippen LogP contribution in [0.4, 0.5) is 0 Å². The molecule has 156 valence electrons. The van der Waals surface area contributed by atoms with Crippen molar-refractivity contribution in [2.75, 3.05) is 27.3 Å². The smallest absolute Gasteiger partial charge is 0.208 e. The lowest BCUT2D eigenvalue weighted by Gasteiger charge is -2.20. The quantitative estimate of drug-likeness (QED) is 0.385. The molecule has 0 atom stereocenters. The second-order valence-corrected chi connectivity index (χ2v) is 7.52. The van der Waals surface area contributed by atoms with Gasteiger partial charge in [-0.25, -0.2) is 4.58 Å². The Morgan fingerprint density at radius 3 is 2.03 bits per heavy atom. The molecule has 0 unspecified atom stereocenters. The van der Waals surface area contributed by atoms with Crippen molar-refractivity contribution in [3.8, 4) is 11.5 Å². The fourth-order valence-corrected chi connectivity index (χ4v) is 4.13. The lowest BCUT2D eigenvalue weighted by molar-refractivity contribution is -0.517. The lowest BCUT2D eigenvalue weighted by Crippen LogP contribution is -2.29. The average molecular weight is 411 g/mol. The molecule has 0 N–H and O–H groups in total. The molecule has 0 radical (unpaired) electrons. The first kappa shape index (κ1) is 20.7. The van der Waals surface area contributed by atoms with Crippen LogP contribution in [0.15, 0.2) is 91.5 Å². The van der Waals surface area contributed by atoms with E-state index in [1.807, 2.05) is 6.08 Å². The van der Waals surface area contributed by atoms with Gasteiger partial charge < -0.3 is 9.47 Å². The Labute approximate surface area is 184 Å². The van der Waals surface area contributed by atoms with Crippen molar-refractivity contribution in [3.05, 3.63) is 114 Å². The van der Waals surface area contributed by atoms with Crippen LogP contribution in [0, 0.1) is 0 Å². The fraction of sp³-hybridized carbons (Fsp3) is 0.179. The number of benzene rings is 3. The van der Waals surface area contributed by atoms with E-state index in [4.69, 9.17) is 9.47 Å². The van der Waals surface area contributed by atoms with Crippen molar-refractivity contribution in [3.63, 3.8) is 0 Å². The zero-order chi connectivity index (χ0) is 21.6. The molecule has 3 heteroatoms. The van der Waals surface area contributed by atoms with Crippen LogP contribution in [-0.4, -0.2) is 37.6 Å². The Morgan fingerprint density at radius 1 is 0.903 bits per heavy atom. The topological polar surface area (TPSA) is 21.5 Å². The summed E-state index contributed by atoms with van der Waals surface area (Å²) < 4.78 is 13.6. The van der Waals surface area contributed by atoms with Crippen LogP contribution >= 0.6 is 0 Å². The molecule has 0 spiro atoms. The third-order valence-electron chi connectivity index (χ3n) is 5.68. The van der Waals surface area contributed by atoms with E-state index in [0.29, 0.717) is 0 Å². The molecular weight excluding hydrogens is 382 g/mol. The zero-order valence-electron chi connectivity index (χ0n) is 18.2. The zero-order valence-corrected chi connectivity index (χ0v) is 18.2. The largest absolute Gasteiger partial charge is 0.493 e. The molecule has 3 aromatic rings. The van der Waals surface area contributed by atoms with E-state index in [2.05, 4.69) is 90.0 Å². The monoisotopic (exact) mass is 410 g/mol. The van der Waals surface area contributed by atoms with Gasteiger partial charge in [-0.15, -0.1) is 0 Å². The van der Waals surface area contributed by atoms with Gasteiger partial charge in [0.15, 0.2) is 18.0 Å². The summed E-state index contributed by atoms with van der Waals surface area (Å²) in [6.07, 6.45) is 5.22. The van der Waals surface area contributed by atoms with Gasteiger partial charge in [-0.1, -0.05) is 67.2 Å². The molecule has 0 fully saturated rings. The molecule has 0 aromatic heterocycles. The standard InChI is InChI=1S/C28H28NO2/c1-4-16-29-17-15-23-18-27(30-2)28(31-3)20-25(23)26(29)19-24(21-11-7-5-8-12-21)22-13-9-6-10-14-22/h4-14,18-20H,1,15-17H2,2-3H3/q+1. The molecule has 0 bridgehead atoms. The second kappa shape index (κ2) is 9.48. The van der Waals surface area contributed by atoms with Crippen LogP contribution in [0.1, 0.15) is 22.3 Å². The maximum atomic E-state index is 5.62. The van der Waals surface area contributed by atoms with Crippen molar-refractivity contribution < 1.29 is 14.0 Å². The highest BCUT2D eigenvalue weighted by Gasteiger charge is 2.27. The van der Waals surface area contributed by atoms with Gasteiger partial charge in [0.05, 0.1) is 19.8 Å². The van der Waals surface area contributed by atoms with Crippen LogP contribution in [0.2, 0.25) is 0 Å². The molecule has 3 aromatic carbocycles. The van der Waals surface area contributed by atoms with Gasteiger partial charge in [0.2, 0.25) is 5.71 Å². The molecule has 1 aliphatic rings. The van der Waals surface area contributed by atoms with E-state index < -0.39 is 0 Å². The molecule has 3 nitrogen and oxygen atoms in total. The van der Waals surface area contributed by atoms with Gasteiger partial charge in [0.25, 0.3) is 0 Å². The van der Waals surface area contributed by atoms with Crippen LogP contribution < -0.4 is 9.47 Å². The minimum atomic E-state index is 0.744. The Morgan fingerprint density at radius 2 is 1.48 bits per heavy atom. The first-order valence-corrected chi connectivity index (χ1v) is 10.6.